The van der Waals surface area contributed by atoms with Crippen LogP contribution in [0.5, 0.6) is 0 Å². The first-order valence-corrected chi connectivity index (χ1v) is 27.2. The Morgan fingerprint density at radius 1 is 0.480 bits per heavy atom. The highest BCUT2D eigenvalue weighted by Gasteiger charge is 2.29. The molecule has 0 heterocycles. The Hall–Kier alpha value is -5.70. The van der Waals surface area contributed by atoms with E-state index in [9.17, 15) is 22.8 Å². The minimum Gasteiger partial charge on any atom is -0.460 e. The Labute approximate surface area is 447 Å². The highest BCUT2D eigenvalue weighted by Crippen LogP contribution is 2.29. The molecule has 5 aromatic rings. The van der Waals surface area contributed by atoms with Gasteiger partial charge in [-0.05, 0) is 155 Å². The average molecular weight is 1040 g/mol. The lowest BCUT2D eigenvalue weighted by atomic mass is 10.1. The van der Waals surface area contributed by atoms with Gasteiger partial charge in [0.1, 0.15) is 13.2 Å². The zero-order valence-corrected chi connectivity index (χ0v) is 45.3. The number of ether oxygens (including phenoxy) is 2. The fourth-order valence-electron chi connectivity index (χ4n) is 8.70. The molecule has 13 heteroatoms. The normalized spacial score (nSPS) is 11.7. The van der Waals surface area contributed by atoms with Crippen molar-refractivity contribution in [2.75, 3.05) is 65.4 Å². The van der Waals surface area contributed by atoms with Crippen LogP contribution in [0.2, 0.25) is 0 Å². The zero-order valence-electron chi connectivity index (χ0n) is 45.3. The van der Waals surface area contributed by atoms with Crippen molar-refractivity contribution in [3.63, 3.8) is 0 Å². The van der Waals surface area contributed by atoms with Crippen molar-refractivity contribution in [3.05, 3.63) is 178 Å². The molecular formula is C62H85F3N6O4. The van der Waals surface area contributed by atoms with Gasteiger partial charge in [0.15, 0.2) is 0 Å². The molecule has 408 valence electrons. The van der Waals surface area contributed by atoms with Crippen LogP contribution in [0.15, 0.2) is 138 Å². The maximum absolute atomic E-state index is 12.8. The number of nitrogens with zero attached hydrogens (tertiary/aromatic N) is 5. The Balaban J connectivity index is 0.000000339. The number of aliphatic imine (C=N–C) groups is 1. The SMILES string of the molecule is CCCN(CCC)CCCCN(CC(=O)OCc1ccccc1)Cc1ccc(CN)cc1.CCCN(CCC)CCCCN(CC(=O)OCc1ccccc1)Cc1ccc(CN=Cc2ccc(C(F)(F)F)cc2)cc1. The highest BCUT2D eigenvalue weighted by molar-refractivity contribution is 5.79. The van der Waals surface area contributed by atoms with Crippen molar-refractivity contribution >= 4 is 18.2 Å². The molecule has 0 saturated carbocycles. The Morgan fingerprint density at radius 3 is 1.23 bits per heavy atom. The van der Waals surface area contributed by atoms with E-state index in [1.165, 1.54) is 30.5 Å². The highest BCUT2D eigenvalue weighted by atomic mass is 19.4. The van der Waals surface area contributed by atoms with Crippen molar-refractivity contribution in [3.8, 4) is 0 Å². The summed E-state index contributed by atoms with van der Waals surface area (Å²) in [6, 6.07) is 40.9. The van der Waals surface area contributed by atoms with Crippen molar-refractivity contribution in [1.29, 1.82) is 0 Å². The van der Waals surface area contributed by atoms with Crippen molar-refractivity contribution < 1.29 is 32.2 Å². The fourth-order valence-corrected chi connectivity index (χ4v) is 8.70. The smallest absolute Gasteiger partial charge is 0.416 e. The summed E-state index contributed by atoms with van der Waals surface area (Å²) < 4.78 is 49.4. The maximum Gasteiger partial charge on any atom is 0.416 e. The summed E-state index contributed by atoms with van der Waals surface area (Å²) >= 11 is 0. The van der Waals surface area contributed by atoms with Crippen molar-refractivity contribution in [1.82, 2.24) is 19.6 Å². The largest absolute Gasteiger partial charge is 0.460 e. The molecule has 0 aliphatic rings. The number of hydrogen-bond acceptors (Lipinski definition) is 10. The lowest BCUT2D eigenvalue weighted by Gasteiger charge is -2.24. The van der Waals surface area contributed by atoms with Gasteiger partial charge in [0.25, 0.3) is 0 Å². The first kappa shape index (κ1) is 61.8. The molecule has 0 radical (unpaired) electrons. The summed E-state index contributed by atoms with van der Waals surface area (Å²) in [5, 5.41) is 0. The summed E-state index contributed by atoms with van der Waals surface area (Å²) in [6.07, 6.45) is 6.19. The average Bonchev–Trinajstić information content (AvgIpc) is 3.41. The number of carbonyl (C=O) groups is 2. The molecule has 0 aliphatic carbocycles. The second-order valence-corrected chi connectivity index (χ2v) is 19.2. The molecule has 0 saturated heterocycles. The second kappa shape index (κ2) is 36.3. The lowest BCUT2D eigenvalue weighted by Crippen LogP contribution is -2.32. The predicted octanol–water partition coefficient (Wildman–Crippen LogP) is 12.4. The van der Waals surface area contributed by atoms with E-state index >= 15 is 0 Å². The number of carbonyl (C=O) groups excluding carboxylic acids is 2. The first-order valence-electron chi connectivity index (χ1n) is 27.2. The van der Waals surface area contributed by atoms with E-state index in [4.69, 9.17) is 15.2 Å². The molecule has 10 nitrogen and oxygen atoms in total. The van der Waals surface area contributed by atoms with Crippen LogP contribution in [0.25, 0.3) is 0 Å². The van der Waals surface area contributed by atoms with Crippen LogP contribution < -0.4 is 5.73 Å². The molecule has 0 bridgehead atoms. The number of unbranched alkanes of at least 4 members (excludes halogenated alkanes) is 2. The molecule has 0 spiro atoms. The third-order valence-corrected chi connectivity index (χ3v) is 12.6. The molecule has 2 N–H and O–H groups in total. The van der Waals surface area contributed by atoms with Gasteiger partial charge in [-0.25, -0.2) is 0 Å². The number of benzene rings is 5. The van der Waals surface area contributed by atoms with Crippen molar-refractivity contribution in [2.24, 2.45) is 10.7 Å². The summed E-state index contributed by atoms with van der Waals surface area (Å²) in [5.41, 5.74) is 12.0. The molecule has 0 atom stereocenters. The summed E-state index contributed by atoms with van der Waals surface area (Å²) in [6.45, 7) is 20.8. The standard InChI is InChI=1S/C35H44F3N3O2.C27H41N3O2/c1-3-20-40(21-4-2)22-8-9-23-41(27-34(42)43-28-32-10-6-5-7-11-32)26-31-14-12-29(13-15-31)24-39-25-30-16-18-33(19-17-30)35(36,37)38;1-3-16-29(17-4-2)18-8-9-19-30(21-25-14-12-24(20-28)13-15-25)22-27(31)32-23-26-10-6-5-7-11-26/h5-7,10-19,25H,3-4,8-9,20-24,26-28H2,1-2H3;5-7,10-15H,3-4,8-9,16-23,28H2,1-2H3. The van der Waals surface area contributed by atoms with Crippen molar-refractivity contribution in [2.45, 2.75) is 125 Å². The Morgan fingerprint density at radius 2 is 0.853 bits per heavy atom. The minimum atomic E-state index is -4.35. The van der Waals surface area contributed by atoms with Gasteiger partial charge in [-0.2, -0.15) is 13.2 Å². The van der Waals surface area contributed by atoms with E-state index in [2.05, 4.69) is 76.6 Å². The van der Waals surface area contributed by atoms with Crippen LogP contribution >= 0.6 is 0 Å². The van der Waals surface area contributed by atoms with E-state index in [-0.39, 0.29) is 25.1 Å². The van der Waals surface area contributed by atoms with Gasteiger partial charge >= 0.3 is 18.1 Å². The van der Waals surface area contributed by atoms with E-state index in [0.29, 0.717) is 38.3 Å². The summed E-state index contributed by atoms with van der Waals surface area (Å²) in [4.78, 5) is 39.1. The van der Waals surface area contributed by atoms with Crippen LogP contribution in [0.1, 0.15) is 124 Å². The lowest BCUT2D eigenvalue weighted by molar-refractivity contribution is -0.147. The number of hydrogen-bond donors (Lipinski definition) is 1. The minimum absolute atomic E-state index is 0.175. The van der Waals surface area contributed by atoms with Crippen LogP contribution in [-0.2, 0) is 64.6 Å². The van der Waals surface area contributed by atoms with Crippen LogP contribution in [-0.4, -0.2) is 103 Å². The Kier molecular flexibility index (Phi) is 29.9. The van der Waals surface area contributed by atoms with Gasteiger partial charge in [-0.3, -0.25) is 24.4 Å². The molecule has 0 fully saturated rings. The molecule has 5 aromatic carbocycles. The van der Waals surface area contributed by atoms with E-state index in [0.717, 1.165) is 137 Å². The zero-order chi connectivity index (χ0) is 53.9. The van der Waals surface area contributed by atoms with Crippen LogP contribution in [0.4, 0.5) is 13.2 Å². The molecule has 0 amide bonds. The monoisotopic (exact) mass is 1030 g/mol. The van der Waals surface area contributed by atoms with Gasteiger partial charge in [-0.15, -0.1) is 0 Å². The van der Waals surface area contributed by atoms with E-state index < -0.39 is 11.7 Å². The van der Waals surface area contributed by atoms with Crippen LogP contribution in [0, 0.1) is 0 Å². The molecule has 0 aromatic heterocycles. The number of rotatable bonds is 34. The first-order chi connectivity index (χ1) is 36.4. The fraction of sp³-hybridized carbons (Fsp3) is 0.468. The quantitative estimate of drug-likeness (QED) is 0.0245. The number of esters is 2. The maximum atomic E-state index is 12.8. The Bertz CT molecular complexity index is 2290. The van der Waals surface area contributed by atoms with E-state index in [1.54, 1.807) is 6.21 Å². The third-order valence-electron chi connectivity index (χ3n) is 12.6. The van der Waals surface area contributed by atoms with Gasteiger partial charge in [0.05, 0.1) is 25.2 Å². The van der Waals surface area contributed by atoms with Gasteiger partial charge in [0, 0.05) is 25.8 Å². The summed E-state index contributed by atoms with van der Waals surface area (Å²) in [7, 11) is 0. The van der Waals surface area contributed by atoms with Gasteiger partial charge in [-0.1, -0.05) is 149 Å². The van der Waals surface area contributed by atoms with E-state index in [1.807, 2.05) is 84.9 Å². The second-order valence-electron chi connectivity index (χ2n) is 19.2. The molecular weight excluding hydrogens is 950 g/mol. The van der Waals surface area contributed by atoms with Gasteiger partial charge < -0.3 is 25.0 Å². The topological polar surface area (TPSA) is 104 Å². The molecule has 75 heavy (non-hydrogen) atoms. The summed E-state index contributed by atoms with van der Waals surface area (Å²) in [5.74, 6) is -0.414. The van der Waals surface area contributed by atoms with Gasteiger partial charge in [0.2, 0.25) is 0 Å². The van der Waals surface area contributed by atoms with Crippen LogP contribution in [0.3, 0.4) is 0 Å². The molecule has 0 unspecified atom stereocenters. The number of halogens is 3. The number of alkyl halides is 3. The molecule has 0 aliphatic heterocycles. The molecule has 5 rings (SSSR count). The number of nitrogens with two attached hydrogens (primary N) is 1. The third kappa shape index (κ3) is 26.6. The predicted molar refractivity (Wildman–Crippen MR) is 299 cm³/mol.